The Kier molecular flexibility index (Phi) is 7.90. The summed E-state index contributed by atoms with van der Waals surface area (Å²) in [6.07, 6.45) is 5.50. The zero-order valence-electron chi connectivity index (χ0n) is 10.5. The Morgan fingerprint density at radius 3 is 2.26 bits per heavy atom. The molecule has 2 aromatic rings. The van der Waals surface area contributed by atoms with Gasteiger partial charge in [-0.1, -0.05) is 66.9 Å². The fourth-order valence-electron chi connectivity index (χ4n) is 2.29. The molecule has 0 saturated carbocycles. The van der Waals surface area contributed by atoms with Gasteiger partial charge in [0.05, 0.1) is 0 Å². The first-order valence-corrected chi connectivity index (χ1v) is 5.64. The molecule has 0 bridgehead atoms. The van der Waals surface area contributed by atoms with Crippen molar-refractivity contribution in [2.24, 2.45) is 0 Å². The standard InChI is InChI=1S/C16H13.2ClH.Zr/c1-12-10-11-16-14(12)8-5-9-15(16)13-6-3-2-4-7-13;;;/h2-9,11-12H,1H3;2*1H;/q-1;;;+3/p-2. The summed E-state index contributed by atoms with van der Waals surface area (Å²) in [7, 11) is 0. The van der Waals surface area contributed by atoms with E-state index < -0.39 is 0 Å². The van der Waals surface area contributed by atoms with Crippen molar-refractivity contribution >= 4 is 6.08 Å². The molecule has 95 valence electrons. The molecule has 1 unspecified atom stereocenters. The number of halogens is 2. The van der Waals surface area contributed by atoms with Crippen LogP contribution in [0.25, 0.3) is 17.2 Å². The van der Waals surface area contributed by atoms with Gasteiger partial charge in [-0.25, -0.2) is 6.08 Å². The summed E-state index contributed by atoms with van der Waals surface area (Å²) in [5, 5.41) is 0. The van der Waals surface area contributed by atoms with Gasteiger partial charge in [-0.3, -0.25) is 6.08 Å². The van der Waals surface area contributed by atoms with E-state index in [4.69, 9.17) is 0 Å². The summed E-state index contributed by atoms with van der Waals surface area (Å²) < 4.78 is 0. The van der Waals surface area contributed by atoms with Crippen LogP contribution >= 0.6 is 0 Å². The van der Waals surface area contributed by atoms with Crippen molar-refractivity contribution in [2.75, 3.05) is 0 Å². The summed E-state index contributed by atoms with van der Waals surface area (Å²) in [4.78, 5) is 0. The largest absolute Gasteiger partial charge is 3.00 e. The molecule has 0 nitrogen and oxygen atoms in total. The topological polar surface area (TPSA) is 0 Å². The zero-order chi connectivity index (χ0) is 11.0. The normalized spacial score (nSPS) is 14.7. The van der Waals surface area contributed by atoms with Crippen LogP contribution in [0.4, 0.5) is 0 Å². The smallest absolute Gasteiger partial charge is 1.00 e. The van der Waals surface area contributed by atoms with Crippen LogP contribution in [0.3, 0.4) is 0 Å². The van der Waals surface area contributed by atoms with Crippen LogP contribution in [-0.4, -0.2) is 0 Å². The molecule has 19 heavy (non-hydrogen) atoms. The van der Waals surface area contributed by atoms with E-state index in [0.717, 1.165) is 0 Å². The SMILES string of the molecule is CC1[C-]=Cc2c(-c3ccccc3)cccc21.[Cl-].[Cl-].[Zr+3]. The van der Waals surface area contributed by atoms with E-state index in [1.54, 1.807) is 0 Å². The molecule has 3 rings (SSSR count). The molecular weight excluding hydrogens is 354 g/mol. The quantitative estimate of drug-likeness (QED) is 0.527. The molecule has 0 fully saturated rings. The maximum atomic E-state index is 3.37. The molecule has 0 heterocycles. The van der Waals surface area contributed by atoms with E-state index in [0.29, 0.717) is 5.92 Å². The minimum atomic E-state index is 0. The van der Waals surface area contributed by atoms with Crippen molar-refractivity contribution in [1.29, 1.82) is 0 Å². The van der Waals surface area contributed by atoms with Gasteiger partial charge >= 0.3 is 26.2 Å². The monoisotopic (exact) mass is 365 g/mol. The van der Waals surface area contributed by atoms with Crippen molar-refractivity contribution < 1.29 is 51.0 Å². The van der Waals surface area contributed by atoms with Crippen molar-refractivity contribution in [3.05, 3.63) is 65.7 Å². The third kappa shape index (κ3) is 3.60. The van der Waals surface area contributed by atoms with E-state index in [-0.39, 0.29) is 51.0 Å². The molecule has 0 aliphatic heterocycles. The number of hydrogen-bond donors (Lipinski definition) is 0. The average molecular weight is 367 g/mol. The Bertz CT molecular complexity index is 550. The fourth-order valence-corrected chi connectivity index (χ4v) is 2.29. The maximum absolute atomic E-state index is 3.37. The van der Waals surface area contributed by atoms with Gasteiger partial charge in [-0.05, 0) is 5.56 Å². The number of fused-ring (bicyclic) bond motifs is 1. The minimum Gasteiger partial charge on any atom is -1.00 e. The third-order valence-corrected chi connectivity index (χ3v) is 3.17. The van der Waals surface area contributed by atoms with Crippen molar-refractivity contribution in [3.8, 4) is 11.1 Å². The van der Waals surface area contributed by atoms with Gasteiger partial charge in [0, 0.05) is 0 Å². The molecule has 0 spiro atoms. The van der Waals surface area contributed by atoms with Crippen molar-refractivity contribution in [1.82, 2.24) is 0 Å². The van der Waals surface area contributed by atoms with Gasteiger partial charge in [0.15, 0.2) is 0 Å². The molecule has 3 heteroatoms. The predicted octanol–water partition coefficient (Wildman–Crippen LogP) is -1.71. The Balaban J connectivity index is 0.00000108. The van der Waals surface area contributed by atoms with Crippen LogP contribution in [0.5, 0.6) is 0 Å². The van der Waals surface area contributed by atoms with Gasteiger partial charge < -0.3 is 24.8 Å². The van der Waals surface area contributed by atoms with Crippen LogP contribution in [-0.2, 0) is 26.2 Å². The summed E-state index contributed by atoms with van der Waals surface area (Å²) in [5.74, 6) is 0.429. The molecule has 0 N–H and O–H groups in total. The van der Waals surface area contributed by atoms with Crippen LogP contribution in [0.1, 0.15) is 24.0 Å². The molecule has 0 saturated heterocycles. The first kappa shape index (κ1) is 18.6. The molecule has 1 aliphatic rings. The number of hydrogen-bond acceptors (Lipinski definition) is 0. The average Bonchev–Trinajstić information content (AvgIpc) is 2.73. The second kappa shape index (κ2) is 8.05. The number of rotatable bonds is 1. The summed E-state index contributed by atoms with van der Waals surface area (Å²) >= 11 is 0. The van der Waals surface area contributed by atoms with Gasteiger partial charge in [-0.2, -0.15) is 5.56 Å². The van der Waals surface area contributed by atoms with E-state index in [1.165, 1.54) is 22.3 Å². The molecule has 0 aromatic heterocycles. The molecule has 1 radical (unpaired) electrons. The zero-order valence-corrected chi connectivity index (χ0v) is 14.5. The van der Waals surface area contributed by atoms with Crippen molar-refractivity contribution in [2.45, 2.75) is 12.8 Å². The Hall–Kier alpha value is -0.357. The molecule has 0 amide bonds. The molecule has 1 aliphatic carbocycles. The number of benzene rings is 2. The predicted molar refractivity (Wildman–Crippen MR) is 68.0 cm³/mol. The third-order valence-electron chi connectivity index (χ3n) is 3.17. The fraction of sp³-hybridized carbons (Fsp3) is 0.125. The van der Waals surface area contributed by atoms with E-state index in [1.807, 2.05) is 0 Å². The second-order valence-corrected chi connectivity index (χ2v) is 4.21. The number of allylic oxidation sites excluding steroid dienone is 1. The van der Waals surface area contributed by atoms with E-state index in [2.05, 4.69) is 67.6 Å². The second-order valence-electron chi connectivity index (χ2n) is 4.21. The van der Waals surface area contributed by atoms with Crippen LogP contribution in [0.2, 0.25) is 0 Å². The van der Waals surface area contributed by atoms with Gasteiger partial charge in [-0.15, -0.1) is 5.56 Å². The molecule has 1 atom stereocenters. The Morgan fingerprint density at radius 2 is 1.58 bits per heavy atom. The molecular formula is C16H13Cl2Zr. The molecule has 2 aromatic carbocycles. The summed E-state index contributed by atoms with van der Waals surface area (Å²) in [5.41, 5.74) is 5.32. The Labute approximate surface area is 146 Å². The Morgan fingerprint density at radius 1 is 0.895 bits per heavy atom. The summed E-state index contributed by atoms with van der Waals surface area (Å²) in [6, 6.07) is 17.1. The minimum absolute atomic E-state index is 0. The van der Waals surface area contributed by atoms with Crippen LogP contribution < -0.4 is 24.8 Å². The van der Waals surface area contributed by atoms with E-state index in [9.17, 15) is 0 Å². The van der Waals surface area contributed by atoms with Gasteiger partial charge in [0.2, 0.25) is 0 Å². The first-order valence-electron chi connectivity index (χ1n) is 5.64. The first-order chi connectivity index (χ1) is 7.86. The van der Waals surface area contributed by atoms with Gasteiger partial charge in [0.25, 0.3) is 0 Å². The summed E-state index contributed by atoms with van der Waals surface area (Å²) in [6.45, 7) is 2.19. The van der Waals surface area contributed by atoms with Crippen LogP contribution in [0.15, 0.2) is 48.5 Å². The van der Waals surface area contributed by atoms with Crippen molar-refractivity contribution in [3.63, 3.8) is 0 Å². The van der Waals surface area contributed by atoms with Crippen LogP contribution in [0, 0.1) is 6.08 Å². The maximum Gasteiger partial charge on any atom is 3.00 e. The van der Waals surface area contributed by atoms with E-state index >= 15 is 0 Å². The van der Waals surface area contributed by atoms with Gasteiger partial charge in [0.1, 0.15) is 0 Å².